The van der Waals surface area contributed by atoms with Gasteiger partial charge in [0.25, 0.3) is 5.56 Å². The van der Waals surface area contributed by atoms with Crippen LogP contribution in [-0.4, -0.2) is 60.5 Å². The minimum Gasteiger partial charge on any atom is -0.383 e. The highest BCUT2D eigenvalue weighted by Gasteiger charge is 2.34. The van der Waals surface area contributed by atoms with Gasteiger partial charge in [0.15, 0.2) is 0 Å². The monoisotopic (exact) mass is 362 g/mol. The molecular weight excluding hydrogens is 332 g/mol. The number of methoxy groups -OCH3 is 1. The SMILES string of the molecule is CCCN(CC1CC1)C(=O)C1CCN(c2cnn(CCOC)c(=O)c2)C1. The third kappa shape index (κ3) is 4.63. The third-order valence-corrected chi connectivity index (χ3v) is 5.25. The zero-order chi connectivity index (χ0) is 18.5. The van der Waals surface area contributed by atoms with Gasteiger partial charge in [-0.05, 0) is 31.6 Å². The maximum atomic E-state index is 12.9. The van der Waals surface area contributed by atoms with Gasteiger partial charge in [0.2, 0.25) is 5.91 Å². The summed E-state index contributed by atoms with van der Waals surface area (Å²) in [4.78, 5) is 29.3. The second-order valence-electron chi connectivity index (χ2n) is 7.43. The molecule has 3 rings (SSSR count). The highest BCUT2D eigenvalue weighted by atomic mass is 16.5. The van der Waals surface area contributed by atoms with Gasteiger partial charge in [0.05, 0.1) is 31.0 Å². The lowest BCUT2D eigenvalue weighted by atomic mass is 10.1. The molecule has 1 unspecified atom stereocenters. The standard InChI is InChI=1S/C19H30N4O3/c1-3-7-22(13-15-4-5-15)19(25)16-6-8-21(14-16)17-11-18(24)23(20-12-17)9-10-26-2/h11-12,15-16H,3-10,13-14H2,1-2H3. The fourth-order valence-electron chi connectivity index (χ4n) is 3.57. The van der Waals surface area contributed by atoms with Crippen LogP contribution in [0.3, 0.4) is 0 Å². The lowest BCUT2D eigenvalue weighted by Crippen LogP contribution is -2.39. The minimum atomic E-state index is -0.129. The molecule has 1 aromatic rings. The van der Waals surface area contributed by atoms with Crippen LogP contribution in [0.2, 0.25) is 0 Å². The summed E-state index contributed by atoms with van der Waals surface area (Å²) < 4.78 is 6.40. The van der Waals surface area contributed by atoms with Gasteiger partial charge in [-0.3, -0.25) is 9.59 Å². The van der Waals surface area contributed by atoms with E-state index in [9.17, 15) is 9.59 Å². The van der Waals surface area contributed by atoms with E-state index in [1.165, 1.54) is 17.5 Å². The smallest absolute Gasteiger partial charge is 0.268 e. The largest absolute Gasteiger partial charge is 0.383 e. The molecule has 0 radical (unpaired) electrons. The molecule has 0 N–H and O–H groups in total. The average molecular weight is 362 g/mol. The maximum absolute atomic E-state index is 12.9. The summed E-state index contributed by atoms with van der Waals surface area (Å²) >= 11 is 0. The molecule has 7 nitrogen and oxygen atoms in total. The molecule has 1 saturated carbocycles. The van der Waals surface area contributed by atoms with Crippen molar-refractivity contribution in [2.45, 2.75) is 39.2 Å². The van der Waals surface area contributed by atoms with E-state index in [0.717, 1.165) is 38.2 Å². The Bertz CT molecular complexity index is 671. The summed E-state index contributed by atoms with van der Waals surface area (Å²) in [6.07, 6.45) is 6.08. The molecule has 1 saturated heterocycles. The van der Waals surface area contributed by atoms with Crippen LogP contribution in [0.5, 0.6) is 0 Å². The first-order chi connectivity index (χ1) is 12.6. The summed E-state index contributed by atoms with van der Waals surface area (Å²) in [6.45, 7) is 6.27. The molecule has 2 fully saturated rings. The van der Waals surface area contributed by atoms with Gasteiger partial charge in [-0.25, -0.2) is 4.68 Å². The first-order valence-electron chi connectivity index (χ1n) is 9.72. The number of carbonyl (C=O) groups excluding carboxylic acids is 1. The fourth-order valence-corrected chi connectivity index (χ4v) is 3.57. The average Bonchev–Trinajstić information content (AvgIpc) is 3.32. The third-order valence-electron chi connectivity index (χ3n) is 5.25. The first kappa shape index (κ1) is 18.9. The molecular formula is C19H30N4O3. The van der Waals surface area contributed by atoms with Crippen molar-refractivity contribution in [3.05, 3.63) is 22.6 Å². The lowest BCUT2D eigenvalue weighted by molar-refractivity contribution is -0.135. The Morgan fingerprint density at radius 1 is 1.38 bits per heavy atom. The Hall–Kier alpha value is -1.89. The molecule has 0 spiro atoms. The number of ether oxygens (including phenoxy) is 1. The van der Waals surface area contributed by atoms with Crippen LogP contribution in [0, 0.1) is 11.8 Å². The van der Waals surface area contributed by atoms with E-state index >= 15 is 0 Å². The molecule has 1 atom stereocenters. The number of carbonyl (C=O) groups is 1. The Morgan fingerprint density at radius 2 is 2.19 bits per heavy atom. The van der Waals surface area contributed by atoms with Crippen LogP contribution < -0.4 is 10.5 Å². The predicted octanol–water partition coefficient (Wildman–Crippen LogP) is 1.36. The summed E-state index contributed by atoms with van der Waals surface area (Å²) in [7, 11) is 1.60. The first-order valence-corrected chi connectivity index (χ1v) is 9.72. The molecule has 26 heavy (non-hydrogen) atoms. The van der Waals surface area contributed by atoms with Gasteiger partial charge < -0.3 is 14.5 Å². The van der Waals surface area contributed by atoms with Gasteiger partial charge >= 0.3 is 0 Å². The second-order valence-corrected chi connectivity index (χ2v) is 7.43. The van der Waals surface area contributed by atoms with Gasteiger partial charge in [-0.15, -0.1) is 0 Å². The highest BCUT2D eigenvalue weighted by molar-refractivity contribution is 5.80. The van der Waals surface area contributed by atoms with Crippen LogP contribution in [0.4, 0.5) is 5.69 Å². The normalized spacial score (nSPS) is 19.8. The summed E-state index contributed by atoms with van der Waals surface area (Å²) in [5.41, 5.74) is 0.680. The summed E-state index contributed by atoms with van der Waals surface area (Å²) in [5.74, 6) is 1.02. The topological polar surface area (TPSA) is 67.7 Å². The molecule has 144 valence electrons. The van der Waals surface area contributed by atoms with E-state index in [4.69, 9.17) is 4.74 Å². The van der Waals surface area contributed by atoms with Crippen molar-refractivity contribution in [1.82, 2.24) is 14.7 Å². The van der Waals surface area contributed by atoms with E-state index in [1.807, 2.05) is 0 Å². The number of hydrogen-bond donors (Lipinski definition) is 0. The molecule has 0 bridgehead atoms. The Kier molecular flexibility index (Phi) is 6.29. The molecule has 0 aromatic carbocycles. The van der Waals surface area contributed by atoms with E-state index in [2.05, 4.69) is 21.8 Å². The van der Waals surface area contributed by atoms with Gasteiger partial charge in [0.1, 0.15) is 0 Å². The highest BCUT2D eigenvalue weighted by Crippen LogP contribution is 2.31. The second kappa shape index (κ2) is 8.66. The van der Waals surface area contributed by atoms with Gasteiger partial charge in [-0.2, -0.15) is 5.10 Å². The van der Waals surface area contributed by atoms with Crippen LogP contribution in [0.15, 0.2) is 17.1 Å². The van der Waals surface area contributed by atoms with E-state index in [1.54, 1.807) is 19.4 Å². The number of aromatic nitrogens is 2. The van der Waals surface area contributed by atoms with Crippen LogP contribution in [0.1, 0.15) is 32.6 Å². The fraction of sp³-hybridized carbons (Fsp3) is 0.737. The van der Waals surface area contributed by atoms with Crippen molar-refractivity contribution < 1.29 is 9.53 Å². The molecule has 1 aliphatic carbocycles. The maximum Gasteiger partial charge on any atom is 0.268 e. The molecule has 7 heteroatoms. The number of hydrogen-bond acceptors (Lipinski definition) is 5. The molecule has 2 aliphatic rings. The number of amides is 1. The van der Waals surface area contributed by atoms with Crippen molar-refractivity contribution in [1.29, 1.82) is 0 Å². The van der Waals surface area contributed by atoms with Gasteiger partial charge in [0, 0.05) is 39.4 Å². The molecule has 1 amide bonds. The number of rotatable bonds is 9. The van der Waals surface area contributed by atoms with Crippen LogP contribution in [-0.2, 0) is 16.1 Å². The van der Waals surface area contributed by atoms with Crippen molar-refractivity contribution in [3.8, 4) is 0 Å². The van der Waals surface area contributed by atoms with Crippen LogP contribution in [0.25, 0.3) is 0 Å². The van der Waals surface area contributed by atoms with E-state index in [0.29, 0.717) is 25.6 Å². The van der Waals surface area contributed by atoms with E-state index < -0.39 is 0 Å². The van der Waals surface area contributed by atoms with E-state index in [-0.39, 0.29) is 17.4 Å². The minimum absolute atomic E-state index is 0.0243. The Balaban J connectivity index is 1.61. The van der Waals surface area contributed by atoms with Crippen molar-refractivity contribution >= 4 is 11.6 Å². The number of anilines is 1. The molecule has 1 aromatic heterocycles. The Labute approximate surface area is 154 Å². The predicted molar refractivity (Wildman–Crippen MR) is 100 cm³/mol. The lowest BCUT2D eigenvalue weighted by Gasteiger charge is -2.25. The zero-order valence-corrected chi connectivity index (χ0v) is 15.9. The summed E-state index contributed by atoms with van der Waals surface area (Å²) in [5, 5.41) is 4.23. The molecule has 1 aliphatic heterocycles. The van der Waals surface area contributed by atoms with Crippen molar-refractivity contribution in [2.75, 3.05) is 44.8 Å². The van der Waals surface area contributed by atoms with Crippen molar-refractivity contribution in [3.63, 3.8) is 0 Å². The number of nitrogens with zero attached hydrogens (tertiary/aromatic N) is 4. The van der Waals surface area contributed by atoms with Crippen molar-refractivity contribution in [2.24, 2.45) is 11.8 Å². The Morgan fingerprint density at radius 3 is 2.85 bits per heavy atom. The summed E-state index contributed by atoms with van der Waals surface area (Å²) in [6, 6.07) is 1.61. The zero-order valence-electron chi connectivity index (χ0n) is 15.9. The molecule has 2 heterocycles. The van der Waals surface area contributed by atoms with Crippen LogP contribution >= 0.6 is 0 Å². The van der Waals surface area contributed by atoms with Gasteiger partial charge in [-0.1, -0.05) is 6.92 Å². The quantitative estimate of drug-likeness (QED) is 0.664.